The number of ether oxygens (including phenoxy) is 1. The molecule has 126 valence electrons. The lowest BCUT2D eigenvalue weighted by atomic mass is 10.0. The lowest BCUT2D eigenvalue weighted by molar-refractivity contribution is -0.0498. The summed E-state index contributed by atoms with van der Waals surface area (Å²) in [6, 6.07) is 9.43. The first kappa shape index (κ1) is 17.5. The van der Waals surface area contributed by atoms with Gasteiger partial charge in [0.2, 0.25) is 0 Å². The van der Waals surface area contributed by atoms with Gasteiger partial charge in [-0.3, -0.25) is 10.2 Å². The average molecular weight is 340 g/mol. The second kappa shape index (κ2) is 7.58. The summed E-state index contributed by atoms with van der Waals surface area (Å²) in [6.45, 7) is -2.99. The first-order valence-corrected chi connectivity index (χ1v) is 6.69. The molecule has 24 heavy (non-hydrogen) atoms. The molecule has 8 heteroatoms. The summed E-state index contributed by atoms with van der Waals surface area (Å²) >= 11 is 0. The van der Waals surface area contributed by atoms with E-state index in [1.807, 2.05) is 0 Å². The number of carbonyl (C=O) groups is 1. The van der Waals surface area contributed by atoms with Crippen LogP contribution in [0.4, 0.5) is 28.9 Å². The molecule has 0 heterocycles. The molecule has 2 N–H and O–H groups in total. The largest absolute Gasteiger partial charge is 0.435 e. The minimum Gasteiger partial charge on any atom is -0.435 e. The maximum atomic E-state index is 12.8. The number of carbonyl (C=O) groups excluding carboxylic acids is 1. The fourth-order valence-corrected chi connectivity index (χ4v) is 1.99. The van der Waals surface area contributed by atoms with E-state index in [1.54, 1.807) is 0 Å². The van der Waals surface area contributed by atoms with Crippen LogP contribution in [0.5, 0.6) is 5.75 Å². The van der Waals surface area contributed by atoms with Crippen molar-refractivity contribution >= 4 is 23.4 Å². The highest BCUT2D eigenvalue weighted by atomic mass is 19.3. The fraction of sp³-hybridized carbons (Fsp3) is 0.125. The Balaban J connectivity index is 2.35. The number of rotatable bonds is 7. The summed E-state index contributed by atoms with van der Waals surface area (Å²) in [5.41, 5.74) is -0.540. The van der Waals surface area contributed by atoms with Gasteiger partial charge in [0.25, 0.3) is 6.43 Å². The number of benzene rings is 2. The van der Waals surface area contributed by atoms with E-state index in [0.29, 0.717) is 12.0 Å². The third-order valence-corrected chi connectivity index (χ3v) is 3.03. The molecule has 0 bridgehead atoms. The predicted octanol–water partition coefficient (Wildman–Crippen LogP) is 4.48. The van der Waals surface area contributed by atoms with Crippen molar-refractivity contribution in [2.24, 2.45) is 0 Å². The predicted molar refractivity (Wildman–Crippen MR) is 81.0 cm³/mol. The lowest BCUT2D eigenvalue weighted by Gasteiger charge is -2.14. The average Bonchev–Trinajstić information content (AvgIpc) is 2.54. The molecule has 2 rings (SSSR count). The molecular weight excluding hydrogens is 328 g/mol. The SMILES string of the molecule is N=C(c1cc(C=O)ccc1Nc1cccc(OC(F)F)c1)C(F)F. The first-order chi connectivity index (χ1) is 11.4. The number of hydrogen-bond donors (Lipinski definition) is 2. The number of halogens is 4. The highest BCUT2D eigenvalue weighted by Gasteiger charge is 2.18. The van der Waals surface area contributed by atoms with Crippen molar-refractivity contribution in [3.8, 4) is 5.75 Å². The van der Waals surface area contributed by atoms with Crippen LogP contribution in [0.3, 0.4) is 0 Å². The van der Waals surface area contributed by atoms with E-state index < -0.39 is 18.7 Å². The molecule has 0 unspecified atom stereocenters. The molecule has 0 aliphatic rings. The van der Waals surface area contributed by atoms with Gasteiger partial charge >= 0.3 is 6.61 Å². The Morgan fingerprint density at radius 1 is 1.12 bits per heavy atom. The van der Waals surface area contributed by atoms with Crippen molar-refractivity contribution < 1.29 is 27.1 Å². The molecule has 0 radical (unpaired) electrons. The van der Waals surface area contributed by atoms with Gasteiger partial charge in [0, 0.05) is 28.6 Å². The van der Waals surface area contributed by atoms with Crippen LogP contribution in [0.2, 0.25) is 0 Å². The maximum absolute atomic E-state index is 12.8. The summed E-state index contributed by atoms with van der Waals surface area (Å²) in [5, 5.41) is 10.2. The van der Waals surface area contributed by atoms with Gasteiger partial charge in [-0.05, 0) is 30.3 Å². The molecule has 0 saturated heterocycles. The minimum absolute atomic E-state index is 0.106. The van der Waals surface area contributed by atoms with E-state index >= 15 is 0 Å². The zero-order valence-electron chi connectivity index (χ0n) is 12.1. The van der Waals surface area contributed by atoms with Crippen LogP contribution >= 0.6 is 0 Å². The molecule has 2 aromatic rings. The number of nitrogens with one attached hydrogen (secondary N) is 2. The van der Waals surface area contributed by atoms with Gasteiger partial charge in [0.1, 0.15) is 17.7 Å². The smallest absolute Gasteiger partial charge is 0.387 e. The molecule has 0 amide bonds. The Morgan fingerprint density at radius 2 is 1.88 bits per heavy atom. The van der Waals surface area contributed by atoms with E-state index in [2.05, 4.69) is 10.1 Å². The van der Waals surface area contributed by atoms with Crippen LogP contribution in [-0.2, 0) is 0 Å². The Kier molecular flexibility index (Phi) is 5.51. The minimum atomic E-state index is -3.03. The van der Waals surface area contributed by atoms with Gasteiger partial charge in [-0.2, -0.15) is 8.78 Å². The molecule has 0 atom stereocenters. The monoisotopic (exact) mass is 340 g/mol. The van der Waals surface area contributed by atoms with E-state index in [-0.39, 0.29) is 22.6 Å². The normalized spacial score (nSPS) is 10.8. The summed E-state index contributed by atoms with van der Waals surface area (Å²) in [7, 11) is 0. The zero-order valence-corrected chi connectivity index (χ0v) is 12.1. The second-order valence-electron chi connectivity index (χ2n) is 4.67. The van der Waals surface area contributed by atoms with Gasteiger partial charge in [-0.1, -0.05) is 6.07 Å². The fourth-order valence-electron chi connectivity index (χ4n) is 1.99. The summed E-state index contributed by atoms with van der Waals surface area (Å²) < 4.78 is 54.4. The highest BCUT2D eigenvalue weighted by Crippen LogP contribution is 2.27. The summed E-state index contributed by atoms with van der Waals surface area (Å²) in [4.78, 5) is 10.8. The molecule has 0 saturated carbocycles. The van der Waals surface area contributed by atoms with E-state index in [4.69, 9.17) is 5.41 Å². The number of hydrogen-bond acceptors (Lipinski definition) is 4. The van der Waals surface area contributed by atoms with Gasteiger partial charge in [0.15, 0.2) is 0 Å². The molecule has 0 aliphatic heterocycles. The number of aldehydes is 1. The molecule has 0 spiro atoms. The van der Waals surface area contributed by atoms with Gasteiger partial charge in [-0.25, -0.2) is 8.78 Å². The van der Waals surface area contributed by atoms with E-state index in [0.717, 1.165) is 6.07 Å². The Bertz CT molecular complexity index is 751. The topological polar surface area (TPSA) is 62.2 Å². The van der Waals surface area contributed by atoms with Crippen molar-refractivity contribution in [1.29, 1.82) is 5.41 Å². The standard InChI is InChI=1S/C16H12F4N2O2/c17-15(18)14(21)12-6-9(8-23)4-5-13(12)22-10-2-1-3-11(7-10)24-16(19)20/h1-8,15-16,21-22H. The zero-order chi connectivity index (χ0) is 17.7. The van der Waals surface area contributed by atoms with E-state index in [9.17, 15) is 22.4 Å². The van der Waals surface area contributed by atoms with Crippen LogP contribution in [-0.4, -0.2) is 25.0 Å². The maximum Gasteiger partial charge on any atom is 0.387 e. The van der Waals surface area contributed by atoms with Gasteiger partial charge in [-0.15, -0.1) is 0 Å². The van der Waals surface area contributed by atoms with Crippen molar-refractivity contribution in [1.82, 2.24) is 0 Å². The molecule has 2 aromatic carbocycles. The van der Waals surface area contributed by atoms with Crippen molar-refractivity contribution in [2.45, 2.75) is 13.0 Å². The molecule has 0 aliphatic carbocycles. The van der Waals surface area contributed by atoms with Gasteiger partial charge < -0.3 is 10.1 Å². The van der Waals surface area contributed by atoms with Crippen LogP contribution in [0, 0.1) is 5.41 Å². The summed E-state index contributed by atoms with van der Waals surface area (Å²) in [6.07, 6.45) is -2.55. The third kappa shape index (κ3) is 4.31. The van der Waals surface area contributed by atoms with Crippen LogP contribution < -0.4 is 10.1 Å². The van der Waals surface area contributed by atoms with Gasteiger partial charge in [0.05, 0.1) is 0 Å². The van der Waals surface area contributed by atoms with Crippen molar-refractivity contribution in [3.63, 3.8) is 0 Å². The summed E-state index contributed by atoms with van der Waals surface area (Å²) in [5.74, 6) is -0.106. The van der Waals surface area contributed by atoms with E-state index in [1.165, 1.54) is 36.4 Å². The number of alkyl halides is 4. The quantitative estimate of drug-likeness (QED) is 0.444. The van der Waals surface area contributed by atoms with Crippen molar-refractivity contribution in [3.05, 3.63) is 53.6 Å². The van der Waals surface area contributed by atoms with Crippen molar-refractivity contribution in [2.75, 3.05) is 5.32 Å². The van der Waals surface area contributed by atoms with Crippen LogP contribution in [0.25, 0.3) is 0 Å². The highest BCUT2D eigenvalue weighted by molar-refractivity contribution is 6.06. The van der Waals surface area contributed by atoms with Crippen LogP contribution in [0.15, 0.2) is 42.5 Å². The molecular formula is C16H12F4N2O2. The Morgan fingerprint density at radius 3 is 2.50 bits per heavy atom. The second-order valence-corrected chi connectivity index (χ2v) is 4.67. The number of anilines is 2. The lowest BCUT2D eigenvalue weighted by Crippen LogP contribution is -2.13. The molecule has 4 nitrogen and oxygen atoms in total. The first-order valence-electron chi connectivity index (χ1n) is 6.69. The van der Waals surface area contributed by atoms with Crippen LogP contribution in [0.1, 0.15) is 15.9 Å². The molecule has 0 fully saturated rings. The molecule has 0 aromatic heterocycles. The Hall–Kier alpha value is -2.90. The Labute approximate surface area is 134 Å². The third-order valence-electron chi connectivity index (χ3n) is 3.03.